The number of hydrogen-bond acceptors (Lipinski definition) is 3. The van der Waals surface area contributed by atoms with E-state index in [2.05, 4.69) is 13.0 Å². The van der Waals surface area contributed by atoms with Gasteiger partial charge in [0.05, 0.1) is 6.07 Å². The van der Waals surface area contributed by atoms with Crippen molar-refractivity contribution < 1.29 is 4.79 Å². The molecule has 17 heavy (non-hydrogen) atoms. The van der Waals surface area contributed by atoms with Crippen LogP contribution < -0.4 is 0 Å². The summed E-state index contributed by atoms with van der Waals surface area (Å²) in [6.07, 6.45) is 2.31. The normalized spacial score (nSPS) is 21.1. The Labute approximate surface area is 109 Å². The van der Waals surface area contributed by atoms with Gasteiger partial charge in [-0.1, -0.05) is 20.8 Å². The third kappa shape index (κ3) is 2.95. The summed E-state index contributed by atoms with van der Waals surface area (Å²) in [5.74, 6) is 1.04. The van der Waals surface area contributed by atoms with Crippen LogP contribution >= 0.6 is 11.8 Å². The molecule has 1 rings (SSSR count). The van der Waals surface area contributed by atoms with Crippen LogP contribution in [0.25, 0.3) is 0 Å². The maximum atomic E-state index is 12.5. The number of amides is 1. The lowest BCUT2D eigenvalue weighted by atomic mass is 9.82. The molecule has 4 heteroatoms. The first kappa shape index (κ1) is 14.4. The summed E-state index contributed by atoms with van der Waals surface area (Å²) in [5.41, 5.74) is -0.791. The lowest BCUT2D eigenvalue weighted by Gasteiger charge is -2.36. The largest absolute Gasteiger partial charge is 0.339 e. The van der Waals surface area contributed by atoms with Gasteiger partial charge in [0.15, 0.2) is 0 Å². The molecule has 1 aliphatic rings. The molecular formula is C13H22N2OS. The molecule has 1 heterocycles. The number of nitriles is 1. The fraction of sp³-hybridized carbons (Fsp3) is 0.846. The average Bonchev–Trinajstić information content (AvgIpc) is 2.41. The first-order valence-electron chi connectivity index (χ1n) is 6.45. The third-order valence-corrected chi connectivity index (χ3v) is 5.08. The second-order valence-corrected chi connectivity index (χ2v) is 5.96. The van der Waals surface area contributed by atoms with Crippen molar-refractivity contribution in [3.63, 3.8) is 0 Å². The predicted molar refractivity (Wildman–Crippen MR) is 71.7 cm³/mol. The summed E-state index contributed by atoms with van der Waals surface area (Å²) in [5, 5.41) is 9.84. The number of carbonyl (C=O) groups excluding carboxylic acids is 1. The van der Waals surface area contributed by atoms with Crippen molar-refractivity contribution in [2.45, 2.75) is 45.3 Å². The van der Waals surface area contributed by atoms with Gasteiger partial charge < -0.3 is 4.90 Å². The van der Waals surface area contributed by atoms with Gasteiger partial charge in [-0.2, -0.15) is 17.0 Å². The Hall–Kier alpha value is -0.690. The number of rotatable bonds is 4. The van der Waals surface area contributed by atoms with Crippen LogP contribution in [-0.4, -0.2) is 34.9 Å². The Balaban J connectivity index is 2.78. The number of hydrogen-bond donors (Lipinski definition) is 0. The Morgan fingerprint density at radius 1 is 1.47 bits per heavy atom. The van der Waals surface area contributed by atoms with E-state index in [0.717, 1.165) is 25.3 Å². The molecule has 1 aliphatic heterocycles. The molecule has 0 aromatic carbocycles. The molecule has 1 unspecified atom stereocenters. The van der Waals surface area contributed by atoms with E-state index in [0.29, 0.717) is 18.1 Å². The summed E-state index contributed by atoms with van der Waals surface area (Å²) in [6.45, 7) is 7.62. The molecule has 0 aliphatic carbocycles. The Kier molecular flexibility index (Phi) is 5.32. The molecule has 0 radical (unpaired) electrons. The van der Waals surface area contributed by atoms with Crippen LogP contribution in [0.1, 0.15) is 40.0 Å². The minimum absolute atomic E-state index is 0.0451. The standard InChI is InChI=1S/C13H22N2OS/c1-4-11-9-15(7-8-17-11)12(16)13(5-2,6-3)10-14/h11H,4-9H2,1-3H3. The van der Waals surface area contributed by atoms with Crippen LogP contribution in [0.15, 0.2) is 0 Å². The van der Waals surface area contributed by atoms with Gasteiger partial charge in [-0.3, -0.25) is 4.79 Å². The van der Waals surface area contributed by atoms with Gasteiger partial charge in [0.1, 0.15) is 5.41 Å². The molecule has 0 aromatic rings. The molecule has 0 spiro atoms. The van der Waals surface area contributed by atoms with Crippen LogP contribution in [0.2, 0.25) is 0 Å². The first-order chi connectivity index (χ1) is 8.13. The highest BCUT2D eigenvalue weighted by Crippen LogP contribution is 2.31. The molecule has 1 fully saturated rings. The van der Waals surface area contributed by atoms with Gasteiger partial charge >= 0.3 is 0 Å². The number of thioether (sulfide) groups is 1. The summed E-state index contributed by atoms with van der Waals surface area (Å²) >= 11 is 1.94. The molecular weight excluding hydrogens is 232 g/mol. The van der Waals surface area contributed by atoms with E-state index in [-0.39, 0.29) is 5.91 Å². The molecule has 96 valence electrons. The molecule has 0 aromatic heterocycles. The monoisotopic (exact) mass is 254 g/mol. The Bertz CT molecular complexity index is 307. The van der Waals surface area contributed by atoms with Crippen LogP contribution in [-0.2, 0) is 4.79 Å². The average molecular weight is 254 g/mol. The van der Waals surface area contributed by atoms with Crippen molar-refractivity contribution in [3.05, 3.63) is 0 Å². The van der Waals surface area contributed by atoms with E-state index in [4.69, 9.17) is 0 Å². The van der Waals surface area contributed by atoms with Gasteiger partial charge in [-0.05, 0) is 19.3 Å². The molecule has 1 amide bonds. The lowest BCUT2D eigenvalue weighted by Crippen LogP contribution is -2.48. The van der Waals surface area contributed by atoms with Gasteiger partial charge in [0, 0.05) is 24.1 Å². The first-order valence-corrected chi connectivity index (χ1v) is 7.50. The quantitative estimate of drug-likeness (QED) is 0.774. The van der Waals surface area contributed by atoms with E-state index >= 15 is 0 Å². The van der Waals surface area contributed by atoms with Gasteiger partial charge in [-0.25, -0.2) is 0 Å². The number of carbonyl (C=O) groups is 1. The van der Waals surface area contributed by atoms with Gasteiger partial charge in [0.25, 0.3) is 0 Å². The molecule has 0 N–H and O–H groups in total. The molecule has 1 saturated heterocycles. The second kappa shape index (κ2) is 6.30. The zero-order valence-electron chi connectivity index (χ0n) is 11.0. The van der Waals surface area contributed by atoms with Crippen molar-refractivity contribution in [1.82, 2.24) is 4.90 Å². The maximum Gasteiger partial charge on any atom is 0.243 e. The minimum atomic E-state index is -0.791. The van der Waals surface area contributed by atoms with Crippen molar-refractivity contribution in [3.8, 4) is 6.07 Å². The predicted octanol–water partition coefficient (Wildman–Crippen LogP) is 2.67. The Morgan fingerprint density at radius 2 is 2.12 bits per heavy atom. The summed E-state index contributed by atoms with van der Waals surface area (Å²) in [4.78, 5) is 14.4. The fourth-order valence-electron chi connectivity index (χ4n) is 2.21. The van der Waals surface area contributed by atoms with Crippen molar-refractivity contribution in [1.29, 1.82) is 5.26 Å². The van der Waals surface area contributed by atoms with E-state index in [1.807, 2.05) is 30.5 Å². The second-order valence-electron chi connectivity index (χ2n) is 4.55. The van der Waals surface area contributed by atoms with Gasteiger partial charge in [0.2, 0.25) is 5.91 Å². The van der Waals surface area contributed by atoms with E-state index in [1.165, 1.54) is 0 Å². The summed E-state index contributed by atoms with van der Waals surface area (Å²) < 4.78 is 0. The smallest absolute Gasteiger partial charge is 0.243 e. The van der Waals surface area contributed by atoms with Crippen LogP contribution in [0.3, 0.4) is 0 Å². The SMILES string of the molecule is CCC1CN(C(=O)C(C#N)(CC)CC)CCS1. The van der Waals surface area contributed by atoms with Crippen LogP contribution in [0.4, 0.5) is 0 Å². The van der Waals surface area contributed by atoms with Crippen LogP contribution in [0, 0.1) is 16.7 Å². The van der Waals surface area contributed by atoms with Crippen molar-refractivity contribution in [2.24, 2.45) is 5.41 Å². The van der Waals surface area contributed by atoms with E-state index < -0.39 is 5.41 Å². The third-order valence-electron chi connectivity index (χ3n) is 3.71. The fourth-order valence-corrected chi connectivity index (χ4v) is 3.39. The molecule has 0 saturated carbocycles. The Morgan fingerprint density at radius 3 is 2.59 bits per heavy atom. The van der Waals surface area contributed by atoms with E-state index in [9.17, 15) is 10.1 Å². The highest BCUT2D eigenvalue weighted by molar-refractivity contribution is 8.00. The zero-order valence-corrected chi connectivity index (χ0v) is 11.8. The van der Waals surface area contributed by atoms with Gasteiger partial charge in [-0.15, -0.1) is 0 Å². The zero-order chi connectivity index (χ0) is 12.9. The topological polar surface area (TPSA) is 44.1 Å². The summed E-state index contributed by atoms with van der Waals surface area (Å²) in [6, 6.07) is 2.25. The van der Waals surface area contributed by atoms with E-state index in [1.54, 1.807) is 0 Å². The summed E-state index contributed by atoms with van der Waals surface area (Å²) in [7, 11) is 0. The number of nitrogens with zero attached hydrogens (tertiary/aromatic N) is 2. The highest BCUT2D eigenvalue weighted by atomic mass is 32.2. The molecule has 1 atom stereocenters. The maximum absolute atomic E-state index is 12.5. The van der Waals surface area contributed by atoms with Crippen molar-refractivity contribution >= 4 is 17.7 Å². The molecule has 3 nitrogen and oxygen atoms in total. The molecule has 0 bridgehead atoms. The van der Waals surface area contributed by atoms with Crippen LogP contribution in [0.5, 0.6) is 0 Å². The minimum Gasteiger partial charge on any atom is -0.339 e. The van der Waals surface area contributed by atoms with Crippen molar-refractivity contribution in [2.75, 3.05) is 18.8 Å². The highest BCUT2D eigenvalue weighted by Gasteiger charge is 2.39. The lowest BCUT2D eigenvalue weighted by molar-refractivity contribution is -0.139.